The van der Waals surface area contributed by atoms with Crippen molar-refractivity contribution in [1.29, 1.82) is 0 Å². The van der Waals surface area contributed by atoms with E-state index in [-0.39, 0.29) is 10.8 Å². The molecule has 9 nitrogen and oxygen atoms in total. The minimum Gasteiger partial charge on any atom is -0.379 e. The number of nitrogens with one attached hydrogen (secondary N) is 1. The fraction of sp³-hybridized carbons (Fsp3) is 0.320. The van der Waals surface area contributed by atoms with Crippen molar-refractivity contribution in [2.45, 2.75) is 35.6 Å². The van der Waals surface area contributed by atoms with E-state index in [1.807, 2.05) is 42.5 Å². The number of anilines is 1. The third-order valence-electron chi connectivity index (χ3n) is 6.21. The molecule has 1 atom stereocenters. The first kappa shape index (κ1) is 24.7. The van der Waals surface area contributed by atoms with Crippen LogP contribution in [0.15, 0.2) is 64.6 Å². The van der Waals surface area contributed by atoms with Crippen molar-refractivity contribution in [1.82, 2.24) is 18.9 Å². The van der Waals surface area contributed by atoms with E-state index >= 15 is 0 Å². The highest BCUT2D eigenvalue weighted by atomic mass is 32.2. The Morgan fingerprint density at radius 2 is 1.83 bits per heavy atom. The molecule has 2 aromatic heterocycles. The summed E-state index contributed by atoms with van der Waals surface area (Å²) < 4.78 is 34.3. The van der Waals surface area contributed by atoms with Crippen LogP contribution in [0.25, 0.3) is 16.6 Å². The zero-order valence-corrected chi connectivity index (χ0v) is 21.7. The highest BCUT2D eigenvalue weighted by Crippen LogP contribution is 2.30. The van der Waals surface area contributed by atoms with E-state index in [9.17, 15) is 13.2 Å². The molecule has 3 heterocycles. The van der Waals surface area contributed by atoms with E-state index < -0.39 is 15.3 Å². The molecule has 2 aromatic carbocycles. The molecule has 0 spiro atoms. The number of aryl methyl sites for hydroxylation is 1. The van der Waals surface area contributed by atoms with Crippen LogP contribution in [0.5, 0.6) is 0 Å². The molecular weight excluding hydrogens is 498 g/mol. The molecule has 0 bridgehead atoms. The molecule has 1 unspecified atom stereocenters. The molecule has 11 heteroatoms. The van der Waals surface area contributed by atoms with Gasteiger partial charge in [-0.1, -0.05) is 36.9 Å². The summed E-state index contributed by atoms with van der Waals surface area (Å²) in [5.41, 5.74) is 3.38. The van der Waals surface area contributed by atoms with Crippen molar-refractivity contribution < 1.29 is 17.9 Å². The van der Waals surface area contributed by atoms with Crippen molar-refractivity contribution in [3.8, 4) is 0 Å². The monoisotopic (exact) mass is 525 g/mol. The lowest BCUT2D eigenvalue weighted by atomic mass is 10.1. The minimum absolute atomic E-state index is 0.181. The third-order valence-corrected chi connectivity index (χ3v) is 9.43. The Hall–Kier alpha value is -2.99. The smallest absolute Gasteiger partial charge is 0.243 e. The SMILES string of the molecule is CCC(Sc1nnc2cc(C)c3ccccc3n12)C(=O)Nc1ccc(S(=O)(=O)N2CCOCC2)cc1. The van der Waals surface area contributed by atoms with Gasteiger partial charge in [0.25, 0.3) is 0 Å². The molecule has 4 aromatic rings. The van der Waals surface area contributed by atoms with Crippen LogP contribution in [0.3, 0.4) is 0 Å². The molecule has 1 saturated heterocycles. The molecule has 0 radical (unpaired) electrons. The summed E-state index contributed by atoms with van der Waals surface area (Å²) >= 11 is 1.36. The first-order chi connectivity index (χ1) is 17.4. The van der Waals surface area contributed by atoms with Crippen LogP contribution in [0.4, 0.5) is 5.69 Å². The second-order valence-corrected chi connectivity index (χ2v) is 11.7. The van der Waals surface area contributed by atoms with Gasteiger partial charge in [0.05, 0.1) is 28.9 Å². The Kier molecular flexibility index (Phi) is 6.98. The number of rotatable bonds is 7. The van der Waals surface area contributed by atoms with Crippen molar-refractivity contribution in [3.05, 3.63) is 60.2 Å². The first-order valence-electron chi connectivity index (χ1n) is 11.8. The fourth-order valence-corrected chi connectivity index (χ4v) is 6.65. The number of hydrogen-bond donors (Lipinski definition) is 1. The maximum Gasteiger partial charge on any atom is 0.243 e. The van der Waals surface area contributed by atoms with Crippen LogP contribution < -0.4 is 5.32 Å². The lowest BCUT2D eigenvalue weighted by Gasteiger charge is -2.26. The van der Waals surface area contributed by atoms with Gasteiger partial charge in [0.1, 0.15) is 0 Å². The Morgan fingerprint density at radius 3 is 2.56 bits per heavy atom. The first-order valence-corrected chi connectivity index (χ1v) is 14.1. The topological polar surface area (TPSA) is 106 Å². The lowest BCUT2D eigenvalue weighted by Crippen LogP contribution is -2.40. The maximum atomic E-state index is 13.1. The largest absolute Gasteiger partial charge is 0.379 e. The number of fused-ring (bicyclic) bond motifs is 3. The van der Waals surface area contributed by atoms with E-state index in [0.717, 1.165) is 22.1 Å². The van der Waals surface area contributed by atoms with Crippen LogP contribution in [0.2, 0.25) is 0 Å². The molecule has 0 saturated carbocycles. The predicted molar refractivity (Wildman–Crippen MR) is 140 cm³/mol. The highest BCUT2D eigenvalue weighted by Gasteiger charge is 2.27. The average molecular weight is 526 g/mol. The summed E-state index contributed by atoms with van der Waals surface area (Å²) in [5, 5.41) is 12.9. The summed E-state index contributed by atoms with van der Waals surface area (Å²) in [4.78, 5) is 13.3. The van der Waals surface area contributed by atoms with Gasteiger partial charge in [-0.15, -0.1) is 10.2 Å². The van der Waals surface area contributed by atoms with E-state index in [1.165, 1.54) is 28.2 Å². The number of ether oxygens (including phenoxy) is 1. The molecule has 1 aliphatic heterocycles. The summed E-state index contributed by atoms with van der Waals surface area (Å²) in [6.07, 6.45) is 0.582. The van der Waals surface area contributed by atoms with Crippen LogP contribution in [0, 0.1) is 6.92 Å². The summed E-state index contributed by atoms with van der Waals surface area (Å²) in [6, 6.07) is 16.3. The summed E-state index contributed by atoms with van der Waals surface area (Å²) in [5.74, 6) is -0.181. The van der Waals surface area contributed by atoms with Gasteiger partial charge in [-0.05, 0) is 55.3 Å². The third kappa shape index (κ3) is 4.71. The second kappa shape index (κ2) is 10.2. The zero-order chi connectivity index (χ0) is 25.3. The fourth-order valence-electron chi connectivity index (χ4n) is 4.27. The van der Waals surface area contributed by atoms with Crippen LogP contribution in [0.1, 0.15) is 18.9 Å². The molecular formula is C25H27N5O4S2. The average Bonchev–Trinajstić information content (AvgIpc) is 3.30. The zero-order valence-electron chi connectivity index (χ0n) is 20.0. The number of morpholine rings is 1. The molecule has 1 aliphatic rings. The number of thioether (sulfide) groups is 1. The van der Waals surface area contributed by atoms with Gasteiger partial charge in [0, 0.05) is 24.2 Å². The normalized spacial score (nSPS) is 15.8. The molecule has 36 heavy (non-hydrogen) atoms. The van der Waals surface area contributed by atoms with Crippen LogP contribution >= 0.6 is 11.8 Å². The van der Waals surface area contributed by atoms with Gasteiger partial charge < -0.3 is 10.1 Å². The molecule has 5 rings (SSSR count). The van der Waals surface area contributed by atoms with Crippen LogP contribution in [-0.4, -0.2) is 64.8 Å². The lowest BCUT2D eigenvalue weighted by molar-refractivity contribution is -0.115. The van der Waals surface area contributed by atoms with Crippen molar-refractivity contribution in [2.75, 3.05) is 31.6 Å². The standard InChI is InChI=1S/C25H27N5O4S2/c1-3-22(35-25-28-27-23-16-17(2)20-6-4-5-7-21(20)30(23)25)24(31)26-18-8-10-19(11-9-18)36(32,33)29-12-14-34-15-13-29/h4-11,16,22H,3,12-15H2,1-2H3,(H,26,31). The van der Waals surface area contributed by atoms with Gasteiger partial charge in [0.2, 0.25) is 15.9 Å². The molecule has 0 aliphatic carbocycles. The number of hydrogen-bond acceptors (Lipinski definition) is 7. The van der Waals surface area contributed by atoms with Gasteiger partial charge in [0.15, 0.2) is 10.8 Å². The summed E-state index contributed by atoms with van der Waals surface area (Å²) in [6.45, 7) is 5.44. The Morgan fingerprint density at radius 1 is 1.11 bits per heavy atom. The second-order valence-electron chi connectivity index (χ2n) is 8.57. The number of aromatic nitrogens is 3. The Balaban J connectivity index is 1.33. The van der Waals surface area contributed by atoms with Gasteiger partial charge in [-0.2, -0.15) is 4.31 Å². The number of sulfonamides is 1. The predicted octanol–water partition coefficient (Wildman–Crippen LogP) is 3.72. The highest BCUT2D eigenvalue weighted by molar-refractivity contribution is 8.00. The molecule has 188 valence electrons. The Bertz CT molecular complexity index is 1510. The van der Waals surface area contributed by atoms with E-state index in [1.54, 1.807) is 12.1 Å². The number of carbonyl (C=O) groups is 1. The van der Waals surface area contributed by atoms with E-state index in [2.05, 4.69) is 21.6 Å². The summed E-state index contributed by atoms with van der Waals surface area (Å²) in [7, 11) is -3.59. The number of carbonyl (C=O) groups excluding carboxylic acids is 1. The number of pyridine rings is 1. The quantitative estimate of drug-likeness (QED) is 0.367. The van der Waals surface area contributed by atoms with Gasteiger partial charge in [-0.3, -0.25) is 9.20 Å². The Labute approximate surface area is 213 Å². The molecule has 1 amide bonds. The van der Waals surface area contributed by atoms with Crippen LogP contribution in [-0.2, 0) is 19.6 Å². The number of nitrogens with zero attached hydrogens (tertiary/aromatic N) is 4. The van der Waals surface area contributed by atoms with E-state index in [4.69, 9.17) is 4.74 Å². The maximum absolute atomic E-state index is 13.1. The van der Waals surface area contributed by atoms with Gasteiger partial charge >= 0.3 is 0 Å². The minimum atomic E-state index is -3.59. The number of para-hydroxylation sites is 1. The molecule has 1 fully saturated rings. The van der Waals surface area contributed by atoms with Crippen molar-refractivity contribution >= 4 is 49.9 Å². The van der Waals surface area contributed by atoms with Gasteiger partial charge in [-0.25, -0.2) is 8.42 Å². The van der Waals surface area contributed by atoms with E-state index in [0.29, 0.717) is 43.6 Å². The number of amides is 1. The number of benzene rings is 2. The molecule has 1 N–H and O–H groups in total. The van der Waals surface area contributed by atoms with Crippen molar-refractivity contribution in [2.24, 2.45) is 0 Å². The van der Waals surface area contributed by atoms with Crippen molar-refractivity contribution in [3.63, 3.8) is 0 Å².